The maximum absolute atomic E-state index is 12.3. The number of hydrogen-bond donors (Lipinski definition) is 0. The van der Waals surface area contributed by atoms with Gasteiger partial charge in [-0.3, -0.25) is 4.79 Å². The van der Waals surface area contributed by atoms with Crippen molar-refractivity contribution in [2.24, 2.45) is 0 Å². The third-order valence-corrected chi connectivity index (χ3v) is 4.79. The third kappa shape index (κ3) is 4.87. The molecule has 1 aliphatic heterocycles. The molecule has 0 saturated carbocycles. The van der Waals surface area contributed by atoms with Crippen LogP contribution in [0.3, 0.4) is 0 Å². The lowest BCUT2D eigenvalue weighted by molar-refractivity contribution is -0.137. The molecule has 1 aliphatic rings. The lowest BCUT2D eigenvalue weighted by Gasteiger charge is -2.33. The number of likely N-dealkylation sites (tertiary alicyclic amines) is 1. The standard InChI is InChI=1S/C18H24BrNO5/c1-4-24-15-10-13(9-14(19)17(15)23-3)18(22)25-11-16(21)20-8-6-5-7-12(20)2/h9-10,12H,4-8,11H2,1-3H3/t12-/m0/s1. The van der Waals surface area contributed by atoms with Crippen LogP contribution in [0, 0.1) is 0 Å². The number of halogens is 1. The quantitative estimate of drug-likeness (QED) is 0.668. The van der Waals surface area contributed by atoms with Gasteiger partial charge < -0.3 is 19.1 Å². The Kier molecular flexibility index (Phi) is 7.11. The number of piperidine rings is 1. The number of hydrogen-bond acceptors (Lipinski definition) is 5. The topological polar surface area (TPSA) is 65.1 Å². The summed E-state index contributed by atoms with van der Waals surface area (Å²) in [4.78, 5) is 26.4. The molecular weight excluding hydrogens is 390 g/mol. The maximum Gasteiger partial charge on any atom is 0.338 e. The minimum Gasteiger partial charge on any atom is -0.492 e. The first-order valence-corrected chi connectivity index (χ1v) is 9.24. The van der Waals surface area contributed by atoms with Crippen LogP contribution in [0.25, 0.3) is 0 Å². The number of rotatable bonds is 6. The molecule has 25 heavy (non-hydrogen) atoms. The Bertz CT molecular complexity index is 634. The van der Waals surface area contributed by atoms with Gasteiger partial charge in [-0.1, -0.05) is 0 Å². The van der Waals surface area contributed by atoms with Crippen molar-refractivity contribution in [1.29, 1.82) is 0 Å². The van der Waals surface area contributed by atoms with Gasteiger partial charge in [0.25, 0.3) is 5.91 Å². The molecule has 2 rings (SSSR count). The highest BCUT2D eigenvalue weighted by atomic mass is 79.9. The van der Waals surface area contributed by atoms with Gasteiger partial charge in [-0.05, 0) is 61.2 Å². The van der Waals surface area contributed by atoms with Crippen LogP contribution in [-0.4, -0.2) is 49.7 Å². The van der Waals surface area contributed by atoms with Crippen LogP contribution in [0.2, 0.25) is 0 Å². The number of amides is 1. The van der Waals surface area contributed by atoms with E-state index in [2.05, 4.69) is 15.9 Å². The molecule has 0 radical (unpaired) electrons. The Balaban J connectivity index is 2.04. The van der Waals surface area contributed by atoms with Crippen LogP contribution in [0.5, 0.6) is 11.5 Å². The lowest BCUT2D eigenvalue weighted by Crippen LogP contribution is -2.44. The molecule has 0 spiro atoms. The monoisotopic (exact) mass is 413 g/mol. The smallest absolute Gasteiger partial charge is 0.338 e. The van der Waals surface area contributed by atoms with Gasteiger partial charge in [-0.25, -0.2) is 4.79 Å². The lowest BCUT2D eigenvalue weighted by atomic mass is 10.0. The van der Waals surface area contributed by atoms with Gasteiger partial charge in [0.05, 0.1) is 23.8 Å². The molecule has 0 bridgehead atoms. The van der Waals surface area contributed by atoms with E-state index in [1.54, 1.807) is 17.0 Å². The van der Waals surface area contributed by atoms with Crippen molar-refractivity contribution in [3.05, 3.63) is 22.2 Å². The zero-order valence-electron chi connectivity index (χ0n) is 14.8. The molecule has 6 nitrogen and oxygen atoms in total. The van der Waals surface area contributed by atoms with Crippen molar-refractivity contribution in [3.63, 3.8) is 0 Å². The number of nitrogens with zero attached hydrogens (tertiary/aromatic N) is 1. The normalized spacial score (nSPS) is 17.1. The molecule has 0 unspecified atom stereocenters. The predicted molar refractivity (Wildman–Crippen MR) is 97.2 cm³/mol. The average molecular weight is 414 g/mol. The fourth-order valence-electron chi connectivity index (χ4n) is 2.91. The summed E-state index contributed by atoms with van der Waals surface area (Å²) >= 11 is 3.36. The number of esters is 1. The van der Waals surface area contributed by atoms with Crippen molar-refractivity contribution in [2.45, 2.75) is 39.2 Å². The third-order valence-electron chi connectivity index (χ3n) is 4.20. The summed E-state index contributed by atoms with van der Waals surface area (Å²) in [6.45, 7) is 4.77. The molecule has 1 aromatic rings. The van der Waals surface area contributed by atoms with E-state index < -0.39 is 5.97 Å². The molecule has 1 amide bonds. The van der Waals surface area contributed by atoms with Gasteiger partial charge in [0.15, 0.2) is 18.1 Å². The van der Waals surface area contributed by atoms with E-state index in [1.807, 2.05) is 13.8 Å². The van der Waals surface area contributed by atoms with Crippen molar-refractivity contribution in [1.82, 2.24) is 4.90 Å². The van der Waals surface area contributed by atoms with E-state index in [-0.39, 0.29) is 18.6 Å². The van der Waals surface area contributed by atoms with E-state index in [9.17, 15) is 9.59 Å². The van der Waals surface area contributed by atoms with E-state index >= 15 is 0 Å². The highest BCUT2D eigenvalue weighted by molar-refractivity contribution is 9.10. The highest BCUT2D eigenvalue weighted by Gasteiger charge is 2.24. The Morgan fingerprint density at radius 1 is 1.32 bits per heavy atom. The van der Waals surface area contributed by atoms with Crippen molar-refractivity contribution in [2.75, 3.05) is 26.9 Å². The van der Waals surface area contributed by atoms with Crippen LogP contribution >= 0.6 is 15.9 Å². The van der Waals surface area contributed by atoms with Gasteiger partial charge in [0.2, 0.25) is 0 Å². The zero-order valence-corrected chi connectivity index (χ0v) is 16.4. The van der Waals surface area contributed by atoms with Gasteiger partial charge in [0.1, 0.15) is 0 Å². The minimum absolute atomic E-state index is 0.154. The summed E-state index contributed by atoms with van der Waals surface area (Å²) in [6, 6.07) is 3.35. The first kappa shape index (κ1) is 19.6. The van der Waals surface area contributed by atoms with E-state index in [1.165, 1.54) is 7.11 Å². The Morgan fingerprint density at radius 3 is 2.72 bits per heavy atom. The first-order chi connectivity index (χ1) is 12.0. The number of benzene rings is 1. The second kappa shape index (κ2) is 9.08. The predicted octanol–water partition coefficient (Wildman–Crippen LogP) is 3.41. The van der Waals surface area contributed by atoms with Gasteiger partial charge in [0, 0.05) is 12.6 Å². The van der Waals surface area contributed by atoms with Crippen LogP contribution in [0.4, 0.5) is 0 Å². The molecular formula is C18H24BrNO5. The van der Waals surface area contributed by atoms with Crippen molar-refractivity contribution < 1.29 is 23.8 Å². The van der Waals surface area contributed by atoms with Crippen LogP contribution < -0.4 is 9.47 Å². The fraction of sp³-hybridized carbons (Fsp3) is 0.556. The van der Waals surface area contributed by atoms with Gasteiger partial charge in [-0.2, -0.15) is 0 Å². The van der Waals surface area contributed by atoms with Crippen molar-refractivity contribution >= 4 is 27.8 Å². The average Bonchev–Trinajstić information content (AvgIpc) is 2.59. The summed E-state index contributed by atoms with van der Waals surface area (Å²) < 4.78 is 16.6. The summed E-state index contributed by atoms with van der Waals surface area (Å²) in [5.74, 6) is 0.236. The second-order valence-electron chi connectivity index (χ2n) is 5.93. The molecule has 1 saturated heterocycles. The largest absolute Gasteiger partial charge is 0.492 e. The summed E-state index contributed by atoms with van der Waals surface area (Å²) in [7, 11) is 1.53. The van der Waals surface area contributed by atoms with Gasteiger partial charge in [-0.15, -0.1) is 0 Å². The Hall–Kier alpha value is -1.76. The number of carbonyl (C=O) groups excluding carboxylic acids is 2. The van der Waals surface area contributed by atoms with E-state index in [4.69, 9.17) is 14.2 Å². The summed E-state index contributed by atoms with van der Waals surface area (Å²) in [6.07, 6.45) is 3.11. The minimum atomic E-state index is -0.567. The number of carbonyl (C=O) groups is 2. The van der Waals surface area contributed by atoms with Gasteiger partial charge >= 0.3 is 5.97 Å². The SMILES string of the molecule is CCOc1cc(C(=O)OCC(=O)N2CCCC[C@@H]2C)cc(Br)c1OC. The fourth-order valence-corrected chi connectivity index (χ4v) is 3.51. The highest BCUT2D eigenvalue weighted by Crippen LogP contribution is 2.36. The molecule has 1 heterocycles. The van der Waals surface area contributed by atoms with Crippen molar-refractivity contribution in [3.8, 4) is 11.5 Å². The van der Waals surface area contributed by atoms with E-state index in [0.29, 0.717) is 28.1 Å². The van der Waals surface area contributed by atoms with E-state index in [0.717, 1.165) is 25.8 Å². The van der Waals surface area contributed by atoms with Crippen LogP contribution in [0.15, 0.2) is 16.6 Å². The molecule has 7 heteroatoms. The zero-order chi connectivity index (χ0) is 18.4. The molecule has 0 N–H and O–H groups in total. The second-order valence-corrected chi connectivity index (χ2v) is 6.78. The first-order valence-electron chi connectivity index (χ1n) is 8.44. The summed E-state index contributed by atoms with van der Waals surface area (Å²) in [5.41, 5.74) is 0.301. The summed E-state index contributed by atoms with van der Waals surface area (Å²) in [5, 5.41) is 0. The maximum atomic E-state index is 12.3. The molecule has 138 valence electrons. The van der Waals surface area contributed by atoms with Crippen LogP contribution in [-0.2, 0) is 9.53 Å². The molecule has 1 atom stereocenters. The molecule has 0 aliphatic carbocycles. The Labute approximate surface area is 156 Å². The molecule has 0 aromatic heterocycles. The Morgan fingerprint density at radius 2 is 2.08 bits per heavy atom. The number of methoxy groups -OCH3 is 1. The molecule has 1 aromatic carbocycles. The number of ether oxygens (including phenoxy) is 3. The molecule has 1 fully saturated rings. The van der Waals surface area contributed by atoms with Crippen LogP contribution in [0.1, 0.15) is 43.5 Å².